The summed E-state index contributed by atoms with van der Waals surface area (Å²) in [5, 5.41) is 4.90. The van der Waals surface area contributed by atoms with Gasteiger partial charge in [-0.25, -0.2) is 9.18 Å². The lowest BCUT2D eigenvalue weighted by molar-refractivity contribution is -0.150. The van der Waals surface area contributed by atoms with Crippen molar-refractivity contribution in [2.75, 3.05) is 26.3 Å². The van der Waals surface area contributed by atoms with Crippen molar-refractivity contribution in [3.8, 4) is 5.75 Å². The highest BCUT2D eigenvalue weighted by Crippen LogP contribution is 2.24. The van der Waals surface area contributed by atoms with E-state index in [1.165, 1.54) is 6.07 Å². The Kier molecular flexibility index (Phi) is 8.56. The molecule has 0 bridgehead atoms. The van der Waals surface area contributed by atoms with E-state index in [0.717, 1.165) is 18.6 Å². The molecule has 0 fully saturated rings. The van der Waals surface area contributed by atoms with E-state index in [1.54, 1.807) is 0 Å². The molecule has 2 N–H and O–H groups in total. The Bertz CT molecular complexity index is 597. The number of hydrogen-bond donors (Lipinski definition) is 2. The van der Waals surface area contributed by atoms with Gasteiger partial charge in [0.25, 0.3) is 5.91 Å². The van der Waals surface area contributed by atoms with Gasteiger partial charge in [-0.15, -0.1) is 0 Å². The van der Waals surface area contributed by atoms with Gasteiger partial charge in [0.1, 0.15) is 11.6 Å². The fourth-order valence-corrected chi connectivity index (χ4v) is 1.70. The van der Waals surface area contributed by atoms with Gasteiger partial charge in [-0.2, -0.15) is 0 Å². The van der Waals surface area contributed by atoms with E-state index in [-0.39, 0.29) is 23.2 Å². The van der Waals surface area contributed by atoms with Gasteiger partial charge in [0, 0.05) is 6.54 Å². The van der Waals surface area contributed by atoms with E-state index >= 15 is 0 Å². The van der Waals surface area contributed by atoms with Crippen LogP contribution in [0.4, 0.5) is 4.39 Å². The predicted molar refractivity (Wildman–Crippen MR) is 84.2 cm³/mol. The zero-order valence-electron chi connectivity index (χ0n) is 13.1. The summed E-state index contributed by atoms with van der Waals surface area (Å²) in [6.07, 6.45) is 0.787. The molecule has 0 saturated heterocycles. The maximum absolute atomic E-state index is 12.8. The Hall–Kier alpha value is -2.35. The SMILES string of the molecule is CCCNC(=O)CNC(=O)COC(=O)COc1ccc(F)cc1Cl. The number of rotatable bonds is 9. The van der Waals surface area contributed by atoms with E-state index in [9.17, 15) is 18.8 Å². The van der Waals surface area contributed by atoms with Crippen LogP contribution >= 0.6 is 11.6 Å². The van der Waals surface area contributed by atoms with Crippen LogP contribution in [0.5, 0.6) is 5.75 Å². The molecule has 0 aliphatic rings. The second-order valence-corrected chi connectivity index (χ2v) is 5.06. The van der Waals surface area contributed by atoms with Crippen molar-refractivity contribution in [3.63, 3.8) is 0 Å². The van der Waals surface area contributed by atoms with Crippen LogP contribution < -0.4 is 15.4 Å². The molecular weight excluding hydrogens is 343 g/mol. The van der Waals surface area contributed by atoms with Crippen molar-refractivity contribution in [2.24, 2.45) is 0 Å². The molecule has 2 amide bonds. The van der Waals surface area contributed by atoms with Gasteiger partial charge in [0.15, 0.2) is 13.2 Å². The van der Waals surface area contributed by atoms with Crippen LogP contribution in [0.2, 0.25) is 5.02 Å². The zero-order valence-corrected chi connectivity index (χ0v) is 13.8. The molecule has 0 aliphatic carbocycles. The first-order chi connectivity index (χ1) is 11.4. The number of benzene rings is 1. The lowest BCUT2D eigenvalue weighted by Gasteiger charge is -2.09. The van der Waals surface area contributed by atoms with Crippen LogP contribution in [0.15, 0.2) is 18.2 Å². The highest BCUT2D eigenvalue weighted by molar-refractivity contribution is 6.32. The summed E-state index contributed by atoms with van der Waals surface area (Å²) >= 11 is 5.73. The number of hydrogen-bond acceptors (Lipinski definition) is 5. The minimum atomic E-state index is -0.805. The number of nitrogens with one attached hydrogen (secondary N) is 2. The largest absolute Gasteiger partial charge is 0.480 e. The van der Waals surface area contributed by atoms with Crippen molar-refractivity contribution in [2.45, 2.75) is 13.3 Å². The van der Waals surface area contributed by atoms with E-state index in [2.05, 4.69) is 15.4 Å². The van der Waals surface area contributed by atoms with Crippen LogP contribution in [0.3, 0.4) is 0 Å². The van der Waals surface area contributed by atoms with Crippen LogP contribution in [0.1, 0.15) is 13.3 Å². The highest BCUT2D eigenvalue weighted by atomic mass is 35.5. The topological polar surface area (TPSA) is 93.7 Å². The number of halogens is 2. The summed E-state index contributed by atoms with van der Waals surface area (Å²) in [5.41, 5.74) is 0. The maximum atomic E-state index is 12.8. The molecule has 0 unspecified atom stereocenters. The molecule has 0 saturated carbocycles. The number of esters is 1. The van der Waals surface area contributed by atoms with Gasteiger partial charge in [-0.3, -0.25) is 9.59 Å². The minimum Gasteiger partial charge on any atom is -0.480 e. The molecule has 0 aromatic heterocycles. The number of carbonyl (C=O) groups is 3. The zero-order chi connectivity index (χ0) is 17.9. The van der Waals surface area contributed by atoms with Gasteiger partial charge < -0.3 is 20.1 Å². The Balaban J connectivity index is 2.23. The van der Waals surface area contributed by atoms with Gasteiger partial charge >= 0.3 is 5.97 Å². The van der Waals surface area contributed by atoms with Crippen molar-refractivity contribution in [1.29, 1.82) is 0 Å². The van der Waals surface area contributed by atoms with Gasteiger partial charge in [-0.1, -0.05) is 18.5 Å². The Labute approximate surface area is 143 Å². The average molecular weight is 361 g/mol. The van der Waals surface area contributed by atoms with E-state index < -0.39 is 30.9 Å². The van der Waals surface area contributed by atoms with Gasteiger partial charge in [0.2, 0.25) is 5.91 Å². The summed E-state index contributed by atoms with van der Waals surface area (Å²) in [5.74, 6) is -2.16. The van der Waals surface area contributed by atoms with Gasteiger partial charge in [0.05, 0.1) is 11.6 Å². The van der Waals surface area contributed by atoms with Gasteiger partial charge in [-0.05, 0) is 24.6 Å². The Morgan fingerprint density at radius 2 is 1.92 bits per heavy atom. The number of carbonyl (C=O) groups excluding carboxylic acids is 3. The van der Waals surface area contributed by atoms with E-state index in [1.807, 2.05) is 6.92 Å². The molecule has 1 aromatic carbocycles. The monoisotopic (exact) mass is 360 g/mol. The summed E-state index contributed by atoms with van der Waals surface area (Å²) in [6, 6.07) is 3.44. The first-order valence-electron chi connectivity index (χ1n) is 7.19. The molecule has 0 spiro atoms. The first-order valence-corrected chi connectivity index (χ1v) is 7.57. The summed E-state index contributed by atoms with van der Waals surface area (Å²) in [4.78, 5) is 34.1. The molecule has 7 nitrogen and oxygen atoms in total. The smallest absolute Gasteiger partial charge is 0.344 e. The Morgan fingerprint density at radius 3 is 2.58 bits per heavy atom. The fraction of sp³-hybridized carbons (Fsp3) is 0.400. The van der Waals surface area contributed by atoms with E-state index in [0.29, 0.717) is 6.54 Å². The first kappa shape index (κ1) is 19.7. The lowest BCUT2D eigenvalue weighted by atomic mass is 10.3. The molecule has 0 heterocycles. The molecular formula is C15H18ClFN2O5. The molecule has 0 radical (unpaired) electrons. The second kappa shape index (κ2) is 10.4. The normalized spacial score (nSPS) is 9.96. The van der Waals surface area contributed by atoms with Crippen molar-refractivity contribution < 1.29 is 28.2 Å². The van der Waals surface area contributed by atoms with Crippen LogP contribution in [0.25, 0.3) is 0 Å². The lowest BCUT2D eigenvalue weighted by Crippen LogP contribution is -2.39. The predicted octanol–water partition coefficient (Wildman–Crippen LogP) is 1.04. The Morgan fingerprint density at radius 1 is 1.17 bits per heavy atom. The molecule has 1 rings (SSSR count). The van der Waals surface area contributed by atoms with Crippen molar-refractivity contribution >= 4 is 29.4 Å². The summed E-state index contributed by atoms with van der Waals surface area (Å²) in [6.45, 7) is 1.20. The summed E-state index contributed by atoms with van der Waals surface area (Å²) < 4.78 is 22.6. The third-order valence-corrected chi connectivity index (χ3v) is 2.92. The molecule has 24 heavy (non-hydrogen) atoms. The quantitative estimate of drug-likeness (QED) is 0.642. The summed E-state index contributed by atoms with van der Waals surface area (Å²) in [7, 11) is 0. The fourth-order valence-electron chi connectivity index (χ4n) is 1.47. The minimum absolute atomic E-state index is 0.0126. The molecule has 132 valence electrons. The van der Waals surface area contributed by atoms with Crippen LogP contribution in [-0.4, -0.2) is 44.1 Å². The average Bonchev–Trinajstić information content (AvgIpc) is 2.55. The molecule has 0 aliphatic heterocycles. The third-order valence-electron chi connectivity index (χ3n) is 2.62. The number of amides is 2. The third kappa shape index (κ3) is 7.77. The van der Waals surface area contributed by atoms with Crippen molar-refractivity contribution in [3.05, 3.63) is 29.0 Å². The molecule has 1 aromatic rings. The molecule has 9 heteroatoms. The van der Waals surface area contributed by atoms with E-state index in [4.69, 9.17) is 16.3 Å². The standard InChI is InChI=1S/C15H18ClFN2O5/c1-2-5-18-13(20)7-19-14(21)8-24-15(22)9-23-12-4-3-10(17)6-11(12)16/h3-4,6H,2,5,7-9H2,1H3,(H,18,20)(H,19,21). The molecule has 0 atom stereocenters. The van der Waals surface area contributed by atoms with Crippen molar-refractivity contribution in [1.82, 2.24) is 10.6 Å². The van der Waals surface area contributed by atoms with Crippen LogP contribution in [-0.2, 0) is 19.1 Å². The van der Waals surface area contributed by atoms with Crippen LogP contribution in [0, 0.1) is 5.82 Å². The highest BCUT2D eigenvalue weighted by Gasteiger charge is 2.11. The number of ether oxygens (including phenoxy) is 2. The maximum Gasteiger partial charge on any atom is 0.344 e. The second-order valence-electron chi connectivity index (χ2n) is 4.65.